The van der Waals surface area contributed by atoms with E-state index in [0.717, 1.165) is 14.8 Å². The summed E-state index contributed by atoms with van der Waals surface area (Å²) in [6.45, 7) is 1.69. The van der Waals surface area contributed by atoms with Crippen molar-refractivity contribution < 1.29 is 13.6 Å². The Morgan fingerprint density at radius 3 is 2.15 bits per heavy atom. The number of carbonyl (C=O) groups is 1. The molecule has 4 aromatic rings. The number of aryl methyl sites for hydroxylation is 1. The van der Waals surface area contributed by atoms with Crippen molar-refractivity contribution in [2.24, 2.45) is 0 Å². The predicted molar refractivity (Wildman–Crippen MR) is 122 cm³/mol. The topological polar surface area (TPSA) is 86.0 Å². The molecule has 0 bridgehead atoms. The second-order valence-corrected chi connectivity index (χ2v) is 7.71. The fourth-order valence-corrected chi connectivity index (χ4v) is 3.37. The van der Waals surface area contributed by atoms with Gasteiger partial charge in [0.15, 0.2) is 0 Å². The molecule has 7 nitrogen and oxygen atoms in total. The highest BCUT2D eigenvalue weighted by atomic mass is 19.1. The third kappa shape index (κ3) is 4.98. The van der Waals surface area contributed by atoms with E-state index in [1.807, 2.05) is 13.0 Å². The first kappa shape index (κ1) is 22.8. The quantitative estimate of drug-likeness (QED) is 0.478. The Labute approximate surface area is 192 Å². The van der Waals surface area contributed by atoms with E-state index in [9.17, 15) is 23.2 Å². The highest BCUT2D eigenvalue weighted by Crippen LogP contribution is 2.08. The van der Waals surface area contributed by atoms with E-state index in [1.165, 1.54) is 48.5 Å². The second-order valence-electron chi connectivity index (χ2n) is 7.71. The molecule has 0 saturated heterocycles. The van der Waals surface area contributed by atoms with Gasteiger partial charge in [-0.2, -0.15) is 9.78 Å². The minimum Gasteiger partial charge on any atom is -0.346 e. The van der Waals surface area contributed by atoms with Crippen molar-refractivity contribution in [1.29, 1.82) is 0 Å². The molecule has 0 fully saturated rings. The lowest BCUT2D eigenvalue weighted by molar-refractivity contribution is 0.0941. The number of nitrogens with zero attached hydrogens (tertiary/aromatic N) is 3. The Balaban J connectivity index is 1.76. The van der Waals surface area contributed by atoms with Gasteiger partial charge in [0.25, 0.3) is 11.5 Å². The first-order chi connectivity index (χ1) is 16.3. The lowest BCUT2D eigenvalue weighted by Gasteiger charge is -2.13. The molecule has 0 aliphatic rings. The Hall–Kier alpha value is -4.40. The van der Waals surface area contributed by atoms with Gasteiger partial charge in [-0.3, -0.25) is 14.2 Å². The number of hydrogen-bond acceptors (Lipinski definition) is 4. The van der Waals surface area contributed by atoms with Crippen LogP contribution in [0.4, 0.5) is 8.78 Å². The Bertz CT molecular complexity index is 1460. The number of hydrogen-bond donors (Lipinski definition) is 1. The van der Waals surface area contributed by atoms with Crippen molar-refractivity contribution in [3.8, 4) is 5.69 Å². The maximum atomic E-state index is 13.3. The van der Waals surface area contributed by atoms with Gasteiger partial charge in [-0.15, -0.1) is 0 Å². The summed E-state index contributed by atoms with van der Waals surface area (Å²) in [4.78, 5) is 39.2. The predicted octanol–water partition coefficient (Wildman–Crippen LogP) is 2.96. The summed E-state index contributed by atoms with van der Waals surface area (Å²) in [7, 11) is 0. The smallest absolute Gasteiger partial charge is 0.346 e. The SMILES string of the molecule is Cc1cccc(-n2nc(C(=O)NCc3ccc(F)cc3)c(=O)n(Cc3ccc(F)cc3)c2=O)c1. The molecule has 3 aromatic carbocycles. The van der Waals surface area contributed by atoms with E-state index < -0.39 is 34.5 Å². The summed E-state index contributed by atoms with van der Waals surface area (Å²) in [6, 6.07) is 17.7. The van der Waals surface area contributed by atoms with E-state index in [0.29, 0.717) is 16.8 Å². The van der Waals surface area contributed by atoms with Gasteiger partial charge in [0.05, 0.1) is 12.2 Å². The summed E-state index contributed by atoms with van der Waals surface area (Å²) < 4.78 is 28.3. The molecule has 0 radical (unpaired) electrons. The molecule has 4 rings (SSSR count). The number of benzene rings is 3. The Morgan fingerprint density at radius 2 is 1.53 bits per heavy atom. The molecular weight excluding hydrogens is 442 g/mol. The zero-order chi connectivity index (χ0) is 24.2. The molecular formula is C25H20F2N4O3. The minimum atomic E-state index is -0.880. The highest BCUT2D eigenvalue weighted by molar-refractivity contribution is 5.91. The number of amides is 1. The van der Waals surface area contributed by atoms with Crippen LogP contribution in [0.1, 0.15) is 27.2 Å². The molecule has 0 atom stereocenters. The molecule has 0 aliphatic heterocycles. The van der Waals surface area contributed by atoms with Crippen molar-refractivity contribution in [1.82, 2.24) is 19.7 Å². The minimum absolute atomic E-state index is 0.0295. The highest BCUT2D eigenvalue weighted by Gasteiger charge is 2.20. The molecule has 172 valence electrons. The summed E-state index contributed by atoms with van der Waals surface area (Å²) in [5, 5.41) is 6.65. The van der Waals surface area contributed by atoms with Crippen LogP contribution in [0, 0.1) is 18.6 Å². The summed E-state index contributed by atoms with van der Waals surface area (Å²) in [6.07, 6.45) is 0. The van der Waals surface area contributed by atoms with Crippen LogP contribution in [0.3, 0.4) is 0 Å². The van der Waals surface area contributed by atoms with Gasteiger partial charge in [-0.05, 0) is 60.0 Å². The van der Waals surface area contributed by atoms with E-state index in [4.69, 9.17) is 0 Å². The van der Waals surface area contributed by atoms with Gasteiger partial charge in [0, 0.05) is 6.54 Å². The van der Waals surface area contributed by atoms with Gasteiger partial charge < -0.3 is 5.32 Å². The molecule has 1 aromatic heterocycles. The van der Waals surface area contributed by atoms with Gasteiger partial charge >= 0.3 is 5.69 Å². The van der Waals surface area contributed by atoms with Crippen molar-refractivity contribution in [3.05, 3.63) is 128 Å². The molecule has 1 amide bonds. The summed E-state index contributed by atoms with van der Waals surface area (Å²) >= 11 is 0. The van der Waals surface area contributed by atoms with Crippen molar-refractivity contribution in [2.45, 2.75) is 20.0 Å². The summed E-state index contributed by atoms with van der Waals surface area (Å²) in [5.41, 5.74) is 0.249. The van der Waals surface area contributed by atoms with Crippen molar-refractivity contribution >= 4 is 5.91 Å². The van der Waals surface area contributed by atoms with Gasteiger partial charge in [-0.1, -0.05) is 36.4 Å². The van der Waals surface area contributed by atoms with Gasteiger partial charge in [-0.25, -0.2) is 13.6 Å². The first-order valence-corrected chi connectivity index (χ1v) is 10.4. The molecule has 0 aliphatic carbocycles. The molecule has 1 N–H and O–H groups in total. The summed E-state index contributed by atoms with van der Waals surface area (Å²) in [5.74, 6) is -1.65. The van der Waals surface area contributed by atoms with Crippen LogP contribution < -0.4 is 16.6 Å². The Kier molecular flexibility index (Phi) is 6.44. The van der Waals surface area contributed by atoms with Crippen LogP contribution in [0.15, 0.2) is 82.4 Å². The van der Waals surface area contributed by atoms with Crippen molar-refractivity contribution in [2.75, 3.05) is 0 Å². The van der Waals surface area contributed by atoms with Crippen LogP contribution >= 0.6 is 0 Å². The molecule has 9 heteroatoms. The lowest BCUT2D eigenvalue weighted by atomic mass is 10.2. The number of aromatic nitrogens is 3. The van der Waals surface area contributed by atoms with Crippen LogP contribution in [0.25, 0.3) is 5.69 Å². The fourth-order valence-electron chi connectivity index (χ4n) is 3.37. The second kappa shape index (κ2) is 9.62. The molecule has 34 heavy (non-hydrogen) atoms. The maximum absolute atomic E-state index is 13.3. The zero-order valence-corrected chi connectivity index (χ0v) is 18.2. The third-order valence-electron chi connectivity index (χ3n) is 5.14. The van der Waals surface area contributed by atoms with E-state index in [-0.39, 0.29) is 13.1 Å². The van der Waals surface area contributed by atoms with Crippen LogP contribution in [-0.2, 0) is 13.1 Å². The average Bonchev–Trinajstić information content (AvgIpc) is 2.82. The van der Waals surface area contributed by atoms with Crippen LogP contribution in [-0.4, -0.2) is 20.3 Å². The molecule has 0 unspecified atom stereocenters. The van der Waals surface area contributed by atoms with Crippen LogP contribution in [0.2, 0.25) is 0 Å². The van der Waals surface area contributed by atoms with E-state index >= 15 is 0 Å². The Morgan fingerprint density at radius 1 is 0.912 bits per heavy atom. The van der Waals surface area contributed by atoms with E-state index in [2.05, 4.69) is 10.4 Å². The number of carbonyl (C=O) groups excluding carboxylic acids is 1. The number of rotatable bonds is 6. The standard InChI is InChI=1S/C25H20F2N4O3/c1-16-3-2-4-21(13-16)31-25(34)30(15-18-7-11-20(27)12-8-18)24(33)22(29-31)23(32)28-14-17-5-9-19(26)10-6-17/h2-13H,14-15H2,1H3,(H,28,32). The van der Waals surface area contributed by atoms with Crippen LogP contribution in [0.5, 0.6) is 0 Å². The molecule has 0 spiro atoms. The van der Waals surface area contributed by atoms with Gasteiger partial charge in [0.1, 0.15) is 11.6 Å². The maximum Gasteiger partial charge on any atom is 0.352 e. The number of halogens is 2. The number of nitrogens with one attached hydrogen (secondary N) is 1. The third-order valence-corrected chi connectivity index (χ3v) is 5.14. The normalized spacial score (nSPS) is 10.8. The molecule has 1 heterocycles. The fraction of sp³-hybridized carbons (Fsp3) is 0.120. The molecule has 0 saturated carbocycles. The van der Waals surface area contributed by atoms with Crippen molar-refractivity contribution in [3.63, 3.8) is 0 Å². The largest absolute Gasteiger partial charge is 0.352 e. The zero-order valence-electron chi connectivity index (χ0n) is 18.2. The first-order valence-electron chi connectivity index (χ1n) is 10.4. The lowest BCUT2D eigenvalue weighted by Crippen LogP contribution is -2.46. The van der Waals surface area contributed by atoms with E-state index in [1.54, 1.807) is 18.2 Å². The van der Waals surface area contributed by atoms with Gasteiger partial charge in [0.2, 0.25) is 5.69 Å². The average molecular weight is 462 g/mol. The monoisotopic (exact) mass is 462 g/mol.